The monoisotopic (exact) mass is 975 g/mol. The van der Waals surface area contributed by atoms with Gasteiger partial charge in [0.15, 0.2) is 0 Å². The number of aryl methyl sites for hydroxylation is 2. The summed E-state index contributed by atoms with van der Waals surface area (Å²) in [5, 5.41) is 11.3. The molecule has 0 saturated carbocycles. The molecule has 2 aromatic heterocycles. The zero-order valence-corrected chi connectivity index (χ0v) is 37.5. The van der Waals surface area contributed by atoms with Gasteiger partial charge in [-0.1, -0.05) is 159 Å². The molecule has 9 rings (SSSR count). The van der Waals surface area contributed by atoms with Crippen molar-refractivity contribution in [3.05, 3.63) is 192 Å². The zero-order valence-electron chi connectivity index (χ0n) is 37.2. The summed E-state index contributed by atoms with van der Waals surface area (Å²) < 4.78 is 19.8. The fourth-order valence-corrected chi connectivity index (χ4v) is 8.02. The summed E-state index contributed by atoms with van der Waals surface area (Å²) in [5.74, 6) is -0.901. The summed E-state index contributed by atoms with van der Waals surface area (Å²) in [7, 11) is 0. The van der Waals surface area contributed by atoms with Crippen LogP contribution in [0.15, 0.2) is 164 Å². The molecule has 0 aliphatic carbocycles. The van der Waals surface area contributed by atoms with Crippen molar-refractivity contribution >= 4 is 11.0 Å². The van der Waals surface area contributed by atoms with E-state index in [2.05, 4.69) is 140 Å². The molecule has 0 aliphatic rings. The first-order chi connectivity index (χ1) is 29.7. The third-order valence-electron chi connectivity index (χ3n) is 11.4. The molecule has 0 radical (unpaired) electrons. The number of phenols is 1. The van der Waals surface area contributed by atoms with Gasteiger partial charge in [-0.15, -0.1) is 23.8 Å². The predicted molar refractivity (Wildman–Crippen MR) is 250 cm³/mol. The summed E-state index contributed by atoms with van der Waals surface area (Å²) in [6.45, 7) is 11.7. The number of phenolic OH excluding ortho intramolecular Hbond substituents is 1. The van der Waals surface area contributed by atoms with Crippen LogP contribution in [0.2, 0.25) is 0 Å². The SMILES string of the molecule is [2H]C(C)(C)c1cc(-c2ccc(-n3c(-c4ccccc4O)nc4c(-c5[c-]c(-c6cc(-c7ccc(C)cc7)ccn6)cc(-c6ccccc6)c5)cccc43)c(C)c2)cc(C([2H])(C)C)c1.[Pt]. The molecule has 7 aromatic carbocycles. The van der Waals surface area contributed by atoms with Crippen LogP contribution < -0.4 is 0 Å². The van der Waals surface area contributed by atoms with Crippen molar-refractivity contribution < 1.29 is 28.9 Å². The van der Waals surface area contributed by atoms with E-state index in [0.717, 1.165) is 89.2 Å². The van der Waals surface area contributed by atoms with Crippen LogP contribution in [-0.2, 0) is 21.1 Å². The molecule has 0 fully saturated rings. The summed E-state index contributed by atoms with van der Waals surface area (Å²) in [5.41, 5.74) is 16.9. The Bertz CT molecular complexity index is 3090. The molecule has 61 heavy (non-hydrogen) atoms. The number of hydrogen-bond donors (Lipinski definition) is 1. The van der Waals surface area contributed by atoms with E-state index in [0.29, 0.717) is 11.4 Å². The standard InChI is InChI=1S/C56H48N3O.Pt/c1-35(2)43-28-44(36(3)4)30-46(29-43)41-23-24-52(38(6)27-41)59-53-17-12-16-49(55(53)58-56(59)50-15-10-11-18-54(50)60)47-31-45(39-13-8-7-9-14-39)32-48(33-47)51-34-42(25-26-57-51)40-21-19-37(5)20-22-40;/h7-32,34-36,60H,1-6H3;/q-1;/i35D,36D;. The number of benzene rings is 7. The number of fused-ring (bicyclic) bond motifs is 1. The number of imidazole rings is 1. The molecular weight excluding hydrogens is 926 g/mol. The van der Waals surface area contributed by atoms with E-state index in [9.17, 15) is 5.11 Å². The summed E-state index contributed by atoms with van der Waals surface area (Å²) >= 11 is 0. The molecule has 1 N–H and O–H groups in total. The van der Waals surface area contributed by atoms with Crippen molar-refractivity contribution in [3.63, 3.8) is 0 Å². The molecule has 5 heteroatoms. The first-order valence-electron chi connectivity index (χ1n) is 21.5. The molecule has 0 aliphatic heterocycles. The molecule has 0 atom stereocenters. The number of aromatic hydroxyl groups is 1. The first kappa shape index (κ1) is 38.8. The molecule has 4 nitrogen and oxygen atoms in total. The molecule has 0 amide bonds. The third kappa shape index (κ3) is 8.26. The topological polar surface area (TPSA) is 50.9 Å². The molecule has 0 saturated heterocycles. The van der Waals surface area contributed by atoms with Crippen molar-refractivity contribution in [1.82, 2.24) is 14.5 Å². The fourth-order valence-electron chi connectivity index (χ4n) is 8.02. The maximum Gasteiger partial charge on any atom is 0.148 e. The summed E-state index contributed by atoms with van der Waals surface area (Å²) in [6.07, 6.45) is 1.86. The number of hydrogen-bond acceptors (Lipinski definition) is 3. The Morgan fingerprint density at radius 2 is 1.20 bits per heavy atom. The van der Waals surface area contributed by atoms with Crippen molar-refractivity contribution in [1.29, 1.82) is 0 Å². The Morgan fingerprint density at radius 1 is 0.574 bits per heavy atom. The van der Waals surface area contributed by atoms with Crippen molar-refractivity contribution in [2.24, 2.45) is 0 Å². The van der Waals surface area contributed by atoms with E-state index in [1.807, 2.05) is 70.3 Å². The number of para-hydroxylation sites is 2. The normalized spacial score (nSPS) is 12.2. The van der Waals surface area contributed by atoms with Gasteiger partial charge in [0.25, 0.3) is 0 Å². The number of rotatable bonds is 9. The van der Waals surface area contributed by atoms with Gasteiger partial charge >= 0.3 is 0 Å². The van der Waals surface area contributed by atoms with Gasteiger partial charge in [0.1, 0.15) is 11.6 Å². The second kappa shape index (κ2) is 17.3. The van der Waals surface area contributed by atoms with Gasteiger partial charge in [-0.05, 0) is 107 Å². The molecular formula is C56H48N3OPt-. The van der Waals surface area contributed by atoms with E-state index in [1.165, 1.54) is 5.56 Å². The molecule has 0 unspecified atom stereocenters. The van der Waals surface area contributed by atoms with Crippen LogP contribution in [0.4, 0.5) is 0 Å². The van der Waals surface area contributed by atoms with E-state index in [-0.39, 0.29) is 26.8 Å². The van der Waals surface area contributed by atoms with Crippen LogP contribution in [0.5, 0.6) is 5.75 Å². The van der Waals surface area contributed by atoms with E-state index < -0.39 is 11.8 Å². The van der Waals surface area contributed by atoms with Crippen LogP contribution in [0.25, 0.3) is 83.9 Å². The first-order valence-corrected chi connectivity index (χ1v) is 20.5. The van der Waals surface area contributed by atoms with Gasteiger partial charge in [0, 0.05) is 35.7 Å². The Kier molecular flexibility index (Phi) is 11.0. The van der Waals surface area contributed by atoms with Crippen LogP contribution >= 0.6 is 0 Å². The second-order valence-electron chi connectivity index (χ2n) is 16.1. The smallest absolute Gasteiger partial charge is 0.148 e. The average molecular weight is 976 g/mol. The Hall–Kier alpha value is -6.35. The maximum absolute atomic E-state index is 11.3. The Morgan fingerprint density at radius 3 is 1.90 bits per heavy atom. The predicted octanol–water partition coefficient (Wildman–Crippen LogP) is 14.8. The Balaban J connectivity index is 0.00000544. The Labute approximate surface area is 376 Å². The summed E-state index contributed by atoms with van der Waals surface area (Å²) in [4.78, 5) is 10.3. The van der Waals surface area contributed by atoms with Gasteiger partial charge in [-0.25, -0.2) is 4.98 Å². The molecule has 0 bridgehead atoms. The molecule has 0 spiro atoms. The third-order valence-corrected chi connectivity index (χ3v) is 11.4. The summed E-state index contributed by atoms with van der Waals surface area (Å²) in [6, 6.07) is 57.3. The van der Waals surface area contributed by atoms with Gasteiger partial charge in [0.05, 0.1) is 22.3 Å². The second-order valence-corrected chi connectivity index (χ2v) is 16.1. The zero-order chi connectivity index (χ0) is 43.3. The minimum Gasteiger partial charge on any atom is -0.507 e. The largest absolute Gasteiger partial charge is 0.507 e. The quantitative estimate of drug-likeness (QED) is 0.147. The van der Waals surface area contributed by atoms with Crippen LogP contribution in [-0.4, -0.2) is 19.6 Å². The molecule has 2 heterocycles. The van der Waals surface area contributed by atoms with Gasteiger partial charge in [-0.2, -0.15) is 0 Å². The van der Waals surface area contributed by atoms with Crippen molar-refractivity contribution in [2.45, 2.75) is 53.3 Å². The maximum atomic E-state index is 11.3. The minimum atomic E-state index is -0.828. The van der Waals surface area contributed by atoms with E-state index in [4.69, 9.17) is 12.7 Å². The number of aromatic nitrogens is 3. The number of pyridine rings is 1. The van der Waals surface area contributed by atoms with Crippen molar-refractivity contribution in [3.8, 4) is 78.6 Å². The number of nitrogens with zero attached hydrogens (tertiary/aromatic N) is 3. The van der Waals surface area contributed by atoms with Crippen LogP contribution in [0.1, 0.15) is 64.5 Å². The molecule has 9 aromatic rings. The fraction of sp³-hybridized carbons (Fsp3) is 0.143. The van der Waals surface area contributed by atoms with Crippen LogP contribution in [0, 0.1) is 19.9 Å². The van der Waals surface area contributed by atoms with Gasteiger partial charge in [0.2, 0.25) is 0 Å². The van der Waals surface area contributed by atoms with Crippen LogP contribution in [0.3, 0.4) is 0 Å². The molecule has 304 valence electrons. The van der Waals surface area contributed by atoms with Gasteiger partial charge in [-0.3, -0.25) is 9.55 Å². The average Bonchev–Trinajstić information content (AvgIpc) is 3.65. The van der Waals surface area contributed by atoms with E-state index in [1.54, 1.807) is 6.07 Å². The van der Waals surface area contributed by atoms with Crippen molar-refractivity contribution in [2.75, 3.05) is 0 Å². The minimum absolute atomic E-state index is 0. The van der Waals surface area contributed by atoms with E-state index >= 15 is 0 Å². The van der Waals surface area contributed by atoms with Gasteiger partial charge < -0.3 is 5.11 Å².